The quantitative estimate of drug-likeness (QED) is 0.885. The van der Waals surface area contributed by atoms with Crippen LogP contribution in [0.5, 0.6) is 5.75 Å². The van der Waals surface area contributed by atoms with Gasteiger partial charge in [-0.15, -0.1) is 10.2 Å². The minimum absolute atomic E-state index is 0.0651. The molecule has 0 unspecified atom stereocenters. The first-order valence-electron chi connectivity index (χ1n) is 7.25. The number of rotatable bonds is 6. The van der Waals surface area contributed by atoms with Crippen LogP contribution < -0.4 is 10.1 Å². The fraction of sp³-hybridized carbons (Fsp3) is 0.500. The third kappa shape index (κ3) is 4.86. The molecule has 0 fully saturated rings. The number of hydrogen-bond donors (Lipinski definition) is 1. The van der Waals surface area contributed by atoms with Gasteiger partial charge in [-0.05, 0) is 26.8 Å². The van der Waals surface area contributed by atoms with Gasteiger partial charge < -0.3 is 14.5 Å². The molecule has 21 heavy (non-hydrogen) atoms. The van der Waals surface area contributed by atoms with E-state index in [9.17, 15) is 0 Å². The fourth-order valence-corrected chi connectivity index (χ4v) is 1.78. The molecule has 1 N–H and O–H groups in total. The highest BCUT2D eigenvalue weighted by Crippen LogP contribution is 2.20. The summed E-state index contributed by atoms with van der Waals surface area (Å²) in [7, 11) is 0. The summed E-state index contributed by atoms with van der Waals surface area (Å²) in [4.78, 5) is 0. The number of nitrogens with zero attached hydrogens (tertiary/aromatic N) is 2. The molecule has 2 rings (SSSR count). The van der Waals surface area contributed by atoms with Crippen LogP contribution in [0, 0.1) is 0 Å². The third-order valence-electron chi connectivity index (χ3n) is 2.94. The van der Waals surface area contributed by atoms with E-state index in [-0.39, 0.29) is 5.54 Å². The van der Waals surface area contributed by atoms with Crippen LogP contribution in [0.2, 0.25) is 0 Å². The number of aromatic nitrogens is 2. The molecule has 0 saturated heterocycles. The van der Waals surface area contributed by atoms with Crippen molar-refractivity contribution in [3.8, 4) is 5.75 Å². The van der Waals surface area contributed by atoms with Gasteiger partial charge in [0, 0.05) is 24.1 Å². The van der Waals surface area contributed by atoms with Crippen molar-refractivity contribution < 1.29 is 9.15 Å². The molecule has 2 aromatic rings. The average molecular weight is 289 g/mol. The van der Waals surface area contributed by atoms with E-state index in [0.717, 1.165) is 24.3 Å². The largest absolute Gasteiger partial charge is 0.483 e. The maximum atomic E-state index is 5.81. The topological polar surface area (TPSA) is 60.2 Å². The lowest BCUT2D eigenvalue weighted by molar-refractivity contribution is 0.255. The molecule has 0 aliphatic heterocycles. The summed E-state index contributed by atoms with van der Waals surface area (Å²) < 4.78 is 11.3. The van der Waals surface area contributed by atoms with Crippen molar-refractivity contribution in [1.82, 2.24) is 15.5 Å². The minimum atomic E-state index is 0.0651. The van der Waals surface area contributed by atoms with Gasteiger partial charge in [-0.2, -0.15) is 0 Å². The van der Waals surface area contributed by atoms with E-state index in [2.05, 4.69) is 42.4 Å². The van der Waals surface area contributed by atoms with Gasteiger partial charge >= 0.3 is 0 Å². The highest BCUT2D eigenvalue weighted by molar-refractivity contribution is 5.33. The van der Waals surface area contributed by atoms with Crippen molar-refractivity contribution in [3.63, 3.8) is 0 Å². The molecule has 0 aliphatic carbocycles. The number of aryl methyl sites for hydroxylation is 1. The second-order valence-corrected chi connectivity index (χ2v) is 5.94. The average Bonchev–Trinajstić information content (AvgIpc) is 2.91. The van der Waals surface area contributed by atoms with E-state index in [1.54, 1.807) is 0 Å². The third-order valence-corrected chi connectivity index (χ3v) is 2.94. The zero-order valence-corrected chi connectivity index (χ0v) is 13.1. The molecular formula is C16H23N3O2. The number of para-hydroxylation sites is 1. The van der Waals surface area contributed by atoms with Crippen LogP contribution in [0.4, 0.5) is 0 Å². The molecule has 0 atom stereocenters. The Morgan fingerprint density at radius 2 is 1.86 bits per heavy atom. The molecule has 1 aromatic heterocycles. The van der Waals surface area contributed by atoms with Crippen molar-refractivity contribution >= 4 is 0 Å². The lowest BCUT2D eigenvalue weighted by atomic mass is 10.1. The molecule has 0 aliphatic rings. The smallest absolute Gasteiger partial charge is 0.253 e. The standard InChI is InChI=1S/C16H23N3O2/c1-5-14-18-19-15(21-14)11-20-13-9-7-6-8-12(13)10-17-16(2,3)4/h6-9,17H,5,10-11H2,1-4H3. The maximum Gasteiger partial charge on any atom is 0.253 e. The summed E-state index contributed by atoms with van der Waals surface area (Å²) in [6, 6.07) is 7.98. The summed E-state index contributed by atoms with van der Waals surface area (Å²) in [6.07, 6.45) is 0.735. The Kier molecular flexibility index (Phi) is 4.96. The zero-order chi connectivity index (χ0) is 15.3. The first kappa shape index (κ1) is 15.5. The van der Waals surface area contributed by atoms with Gasteiger partial charge in [-0.3, -0.25) is 0 Å². The van der Waals surface area contributed by atoms with E-state index in [1.807, 2.05) is 25.1 Å². The van der Waals surface area contributed by atoms with Gasteiger partial charge in [0.05, 0.1) is 0 Å². The van der Waals surface area contributed by atoms with Crippen molar-refractivity contribution in [2.24, 2.45) is 0 Å². The molecular weight excluding hydrogens is 266 g/mol. The molecule has 114 valence electrons. The Balaban J connectivity index is 1.99. The summed E-state index contributed by atoms with van der Waals surface area (Å²) in [6.45, 7) is 9.44. The van der Waals surface area contributed by atoms with Gasteiger partial charge in [0.1, 0.15) is 5.75 Å². The predicted molar refractivity (Wildman–Crippen MR) is 81.0 cm³/mol. The van der Waals surface area contributed by atoms with Crippen LogP contribution in [-0.4, -0.2) is 15.7 Å². The van der Waals surface area contributed by atoms with Crippen LogP contribution in [0.3, 0.4) is 0 Å². The fourth-order valence-electron chi connectivity index (χ4n) is 1.78. The molecule has 5 heteroatoms. The minimum Gasteiger partial charge on any atom is -0.483 e. The molecule has 0 bridgehead atoms. The predicted octanol–water partition coefficient (Wildman–Crippen LogP) is 3.10. The Morgan fingerprint density at radius 3 is 2.52 bits per heavy atom. The first-order valence-corrected chi connectivity index (χ1v) is 7.25. The lowest BCUT2D eigenvalue weighted by Gasteiger charge is -2.21. The van der Waals surface area contributed by atoms with Crippen LogP contribution in [0.1, 0.15) is 45.0 Å². The van der Waals surface area contributed by atoms with Crippen molar-refractivity contribution in [2.45, 2.75) is 52.8 Å². The van der Waals surface area contributed by atoms with Crippen LogP contribution in [0.25, 0.3) is 0 Å². The summed E-state index contributed by atoms with van der Waals surface area (Å²) in [5.74, 6) is 1.98. The van der Waals surface area contributed by atoms with Gasteiger partial charge in [-0.1, -0.05) is 25.1 Å². The SMILES string of the molecule is CCc1nnc(COc2ccccc2CNC(C)(C)C)o1. The van der Waals surface area contributed by atoms with E-state index < -0.39 is 0 Å². The summed E-state index contributed by atoms with van der Waals surface area (Å²) in [5, 5.41) is 11.3. The van der Waals surface area contributed by atoms with Crippen LogP contribution >= 0.6 is 0 Å². The molecule has 1 heterocycles. The Labute approximate surface area is 125 Å². The highest BCUT2D eigenvalue weighted by Gasteiger charge is 2.11. The van der Waals surface area contributed by atoms with Crippen LogP contribution in [-0.2, 0) is 19.6 Å². The maximum absolute atomic E-state index is 5.81. The number of benzene rings is 1. The molecule has 1 aromatic carbocycles. The number of hydrogen-bond acceptors (Lipinski definition) is 5. The van der Waals surface area contributed by atoms with E-state index in [0.29, 0.717) is 18.4 Å². The highest BCUT2D eigenvalue weighted by atomic mass is 16.5. The van der Waals surface area contributed by atoms with Gasteiger partial charge in [-0.25, -0.2) is 0 Å². The first-order chi connectivity index (χ1) is 9.98. The second-order valence-electron chi connectivity index (χ2n) is 5.94. The van der Waals surface area contributed by atoms with Gasteiger partial charge in [0.25, 0.3) is 5.89 Å². The van der Waals surface area contributed by atoms with E-state index in [1.165, 1.54) is 0 Å². The zero-order valence-electron chi connectivity index (χ0n) is 13.1. The van der Waals surface area contributed by atoms with Crippen molar-refractivity contribution in [1.29, 1.82) is 0 Å². The lowest BCUT2D eigenvalue weighted by Crippen LogP contribution is -2.35. The van der Waals surface area contributed by atoms with E-state index >= 15 is 0 Å². The Bertz CT molecular complexity index is 573. The normalized spacial score (nSPS) is 11.6. The molecule has 0 spiro atoms. The van der Waals surface area contributed by atoms with Crippen molar-refractivity contribution in [2.75, 3.05) is 0 Å². The molecule has 0 radical (unpaired) electrons. The van der Waals surface area contributed by atoms with Crippen LogP contribution in [0.15, 0.2) is 28.7 Å². The number of ether oxygens (including phenoxy) is 1. The van der Waals surface area contributed by atoms with Gasteiger partial charge in [0.2, 0.25) is 5.89 Å². The van der Waals surface area contributed by atoms with Crippen molar-refractivity contribution in [3.05, 3.63) is 41.6 Å². The second kappa shape index (κ2) is 6.72. The summed E-state index contributed by atoms with van der Waals surface area (Å²) >= 11 is 0. The summed E-state index contributed by atoms with van der Waals surface area (Å²) in [5.41, 5.74) is 1.18. The van der Waals surface area contributed by atoms with E-state index in [4.69, 9.17) is 9.15 Å². The number of nitrogens with one attached hydrogen (secondary N) is 1. The Morgan fingerprint density at radius 1 is 1.14 bits per heavy atom. The Hall–Kier alpha value is -1.88. The van der Waals surface area contributed by atoms with Gasteiger partial charge in [0.15, 0.2) is 6.61 Å². The molecule has 0 amide bonds. The molecule has 5 nitrogen and oxygen atoms in total. The monoisotopic (exact) mass is 289 g/mol. The molecule has 0 saturated carbocycles.